The Kier molecular flexibility index (Phi) is 16.3. The monoisotopic (exact) mass is 518 g/mol. The predicted molar refractivity (Wildman–Crippen MR) is 157 cm³/mol. The molecule has 0 aromatic heterocycles. The lowest BCUT2D eigenvalue weighted by Gasteiger charge is -2.09. The zero-order valence-corrected chi connectivity index (χ0v) is 23.5. The maximum absolute atomic E-state index is 12.5. The molecule has 0 saturated heterocycles. The molecule has 0 fully saturated rings. The highest BCUT2D eigenvalue weighted by atomic mass is 16.5. The van der Waals surface area contributed by atoms with Crippen LogP contribution in [-0.2, 0) is 16.0 Å². The normalized spacial score (nSPS) is 10.0. The summed E-state index contributed by atoms with van der Waals surface area (Å²) in [7, 11) is 0. The fourth-order valence-corrected chi connectivity index (χ4v) is 3.11. The van der Waals surface area contributed by atoms with Gasteiger partial charge in [-0.3, -0.25) is 0 Å². The van der Waals surface area contributed by atoms with Gasteiger partial charge < -0.3 is 14.2 Å². The van der Waals surface area contributed by atoms with Crippen LogP contribution < -0.4 is 9.47 Å². The summed E-state index contributed by atoms with van der Waals surface area (Å²) in [6.07, 6.45) is 9.09. The van der Waals surface area contributed by atoms with E-state index in [1.807, 2.05) is 44.2 Å². The van der Waals surface area contributed by atoms with Crippen LogP contribution in [0.25, 0.3) is 10.8 Å². The minimum Gasteiger partial charge on any atom is -0.493 e. The standard InChI is InChI=1S/C26H26O5.C4H8.C3H8/c1-3-6-19-7-8-22-18-24(14-11-21(22)17-19)31-26(28)20-9-12-23(13-10-20)29-15-5-16-30-25(27)4-2;1-3-4-2;1-3-2/h4,7-14,17-18H,2-3,5-6,15-16H2,1H3;3-4H,1-2H3;3H2,1-2H3/b;4-3-;. The maximum Gasteiger partial charge on any atom is 0.343 e. The molecule has 0 bridgehead atoms. The van der Waals surface area contributed by atoms with E-state index >= 15 is 0 Å². The zero-order chi connectivity index (χ0) is 28.2. The maximum atomic E-state index is 12.5. The van der Waals surface area contributed by atoms with Gasteiger partial charge in [-0.05, 0) is 73.0 Å². The van der Waals surface area contributed by atoms with Crippen molar-refractivity contribution in [3.05, 3.63) is 96.6 Å². The molecular weight excluding hydrogens is 476 g/mol. The van der Waals surface area contributed by atoms with Crippen molar-refractivity contribution in [2.75, 3.05) is 13.2 Å². The number of hydrogen-bond acceptors (Lipinski definition) is 5. The van der Waals surface area contributed by atoms with Gasteiger partial charge in [0.1, 0.15) is 11.5 Å². The SMILES string of the molecule is C/C=C\C.C=CC(=O)OCCCOc1ccc(C(=O)Oc2ccc3cc(CCC)ccc3c2)cc1.CCC. The molecule has 0 atom stereocenters. The first-order valence-corrected chi connectivity index (χ1v) is 13.3. The average molecular weight is 519 g/mol. The molecule has 0 amide bonds. The van der Waals surface area contributed by atoms with Crippen LogP contribution in [0.5, 0.6) is 11.5 Å². The van der Waals surface area contributed by atoms with Gasteiger partial charge in [0.25, 0.3) is 0 Å². The lowest BCUT2D eigenvalue weighted by atomic mass is 10.0. The molecule has 204 valence electrons. The highest BCUT2D eigenvalue weighted by Gasteiger charge is 2.10. The van der Waals surface area contributed by atoms with Gasteiger partial charge in [-0.1, -0.05) is 76.6 Å². The first kappa shape index (κ1) is 32.2. The first-order valence-electron chi connectivity index (χ1n) is 13.3. The molecule has 3 aromatic rings. The predicted octanol–water partition coefficient (Wildman–Crippen LogP) is 8.51. The number of aryl methyl sites for hydroxylation is 1. The van der Waals surface area contributed by atoms with E-state index in [4.69, 9.17) is 14.2 Å². The van der Waals surface area contributed by atoms with Gasteiger partial charge in [-0.2, -0.15) is 0 Å². The Morgan fingerprint density at radius 2 is 1.42 bits per heavy atom. The molecule has 0 aliphatic carbocycles. The van der Waals surface area contributed by atoms with Crippen molar-refractivity contribution in [3.63, 3.8) is 0 Å². The fraction of sp³-hybridized carbons (Fsp3) is 0.333. The second-order valence-corrected chi connectivity index (χ2v) is 8.45. The number of rotatable bonds is 10. The van der Waals surface area contributed by atoms with Crippen LogP contribution >= 0.6 is 0 Å². The van der Waals surface area contributed by atoms with Gasteiger partial charge >= 0.3 is 11.9 Å². The Morgan fingerprint density at radius 3 is 2.03 bits per heavy atom. The van der Waals surface area contributed by atoms with Crippen LogP contribution in [0.4, 0.5) is 0 Å². The molecule has 3 aromatic carbocycles. The second-order valence-electron chi connectivity index (χ2n) is 8.45. The third-order valence-electron chi connectivity index (χ3n) is 5.02. The van der Waals surface area contributed by atoms with E-state index in [-0.39, 0.29) is 6.61 Å². The Morgan fingerprint density at radius 1 is 0.816 bits per heavy atom. The Labute approximate surface area is 228 Å². The van der Waals surface area contributed by atoms with E-state index in [0.29, 0.717) is 30.1 Å². The van der Waals surface area contributed by atoms with Gasteiger partial charge in [0.05, 0.1) is 18.8 Å². The van der Waals surface area contributed by atoms with Crippen LogP contribution in [0, 0.1) is 0 Å². The minimum absolute atomic E-state index is 0.265. The van der Waals surface area contributed by atoms with Crippen LogP contribution in [-0.4, -0.2) is 25.2 Å². The summed E-state index contributed by atoms with van der Waals surface area (Å²) >= 11 is 0. The summed E-state index contributed by atoms with van der Waals surface area (Å²) in [5, 5.41) is 2.17. The van der Waals surface area contributed by atoms with Crippen molar-refractivity contribution in [2.45, 2.75) is 60.3 Å². The molecule has 0 radical (unpaired) electrons. The molecule has 0 aliphatic rings. The molecule has 3 rings (SSSR count). The topological polar surface area (TPSA) is 61.8 Å². The van der Waals surface area contributed by atoms with E-state index in [1.54, 1.807) is 24.3 Å². The lowest BCUT2D eigenvalue weighted by molar-refractivity contribution is -0.137. The van der Waals surface area contributed by atoms with Gasteiger partial charge in [-0.15, -0.1) is 0 Å². The van der Waals surface area contributed by atoms with Crippen LogP contribution in [0.1, 0.15) is 69.8 Å². The number of hydrogen-bond donors (Lipinski definition) is 0. The van der Waals surface area contributed by atoms with E-state index < -0.39 is 11.9 Å². The summed E-state index contributed by atoms with van der Waals surface area (Å²) in [6.45, 7) is 14.4. The Balaban J connectivity index is 0.000000923. The summed E-state index contributed by atoms with van der Waals surface area (Å²) in [6, 6.07) is 18.7. The quantitative estimate of drug-likeness (QED) is 0.0885. The Hall–Kier alpha value is -3.86. The third kappa shape index (κ3) is 12.4. The van der Waals surface area contributed by atoms with Gasteiger partial charge in [0.15, 0.2) is 0 Å². The van der Waals surface area contributed by atoms with Crippen LogP contribution in [0.3, 0.4) is 0 Å². The van der Waals surface area contributed by atoms with Crippen molar-refractivity contribution >= 4 is 22.7 Å². The minimum atomic E-state index is -0.449. The van der Waals surface area contributed by atoms with E-state index in [0.717, 1.165) is 29.7 Å². The van der Waals surface area contributed by atoms with E-state index in [1.165, 1.54) is 12.0 Å². The lowest BCUT2D eigenvalue weighted by Crippen LogP contribution is -2.09. The Bertz CT molecular complexity index is 1140. The van der Waals surface area contributed by atoms with Crippen LogP contribution in [0.15, 0.2) is 85.5 Å². The van der Waals surface area contributed by atoms with Crippen molar-refractivity contribution in [1.29, 1.82) is 0 Å². The second kappa shape index (κ2) is 19.3. The number of benzene rings is 3. The van der Waals surface area contributed by atoms with Crippen molar-refractivity contribution in [3.8, 4) is 11.5 Å². The number of carbonyl (C=O) groups is 2. The zero-order valence-electron chi connectivity index (χ0n) is 23.5. The summed E-state index contributed by atoms with van der Waals surface area (Å²) in [5.74, 6) is 0.260. The molecule has 0 heterocycles. The molecule has 38 heavy (non-hydrogen) atoms. The molecule has 0 N–H and O–H groups in total. The van der Waals surface area contributed by atoms with Crippen molar-refractivity contribution < 1.29 is 23.8 Å². The number of allylic oxidation sites excluding steroid dienone is 2. The summed E-state index contributed by atoms with van der Waals surface area (Å²) in [4.78, 5) is 23.4. The molecule has 0 saturated carbocycles. The highest BCUT2D eigenvalue weighted by Crippen LogP contribution is 2.24. The van der Waals surface area contributed by atoms with Gasteiger partial charge in [-0.25, -0.2) is 9.59 Å². The number of ether oxygens (including phenoxy) is 3. The highest BCUT2D eigenvalue weighted by molar-refractivity contribution is 5.92. The molecule has 0 spiro atoms. The average Bonchev–Trinajstić information content (AvgIpc) is 2.93. The van der Waals surface area contributed by atoms with Crippen LogP contribution in [0.2, 0.25) is 0 Å². The largest absolute Gasteiger partial charge is 0.493 e. The third-order valence-corrected chi connectivity index (χ3v) is 5.02. The number of fused-ring (bicyclic) bond motifs is 1. The molecule has 0 aliphatic heterocycles. The van der Waals surface area contributed by atoms with Gasteiger partial charge in [0.2, 0.25) is 0 Å². The molecule has 5 nitrogen and oxygen atoms in total. The van der Waals surface area contributed by atoms with Gasteiger partial charge in [0, 0.05) is 12.5 Å². The van der Waals surface area contributed by atoms with E-state index in [9.17, 15) is 9.59 Å². The van der Waals surface area contributed by atoms with Crippen molar-refractivity contribution in [1.82, 2.24) is 0 Å². The number of carbonyl (C=O) groups excluding carboxylic acids is 2. The summed E-state index contributed by atoms with van der Waals surface area (Å²) in [5.41, 5.74) is 1.74. The molecule has 5 heteroatoms. The fourth-order valence-electron chi connectivity index (χ4n) is 3.11. The van der Waals surface area contributed by atoms with E-state index in [2.05, 4.69) is 45.5 Å². The number of esters is 2. The van der Waals surface area contributed by atoms with Crippen molar-refractivity contribution in [2.24, 2.45) is 0 Å². The molecular formula is C33H42O5. The summed E-state index contributed by atoms with van der Waals surface area (Å²) < 4.78 is 16.0. The molecule has 0 unspecified atom stereocenters. The first-order chi connectivity index (χ1) is 18.4. The smallest absolute Gasteiger partial charge is 0.343 e.